The van der Waals surface area contributed by atoms with Crippen molar-refractivity contribution in [2.75, 3.05) is 13.2 Å². The summed E-state index contributed by atoms with van der Waals surface area (Å²) in [7, 11) is -5.73. The van der Waals surface area contributed by atoms with Crippen LogP contribution in [0.5, 0.6) is 0 Å². The predicted octanol–water partition coefficient (Wildman–Crippen LogP) is 2.99. The molecule has 0 amide bonds. The first kappa shape index (κ1) is 22.0. The topological polar surface area (TPSA) is 92.7 Å². The zero-order valence-corrected chi connectivity index (χ0v) is 15.4. The van der Waals surface area contributed by atoms with Crippen LogP contribution in [0.4, 0.5) is 8.78 Å². The number of esters is 1. The minimum absolute atomic E-state index is 0.0427. The summed E-state index contributed by atoms with van der Waals surface area (Å²) in [4.78, 5) is 12.2. The number of alkyl halides is 2. The van der Waals surface area contributed by atoms with Gasteiger partial charge in [-0.3, -0.25) is 0 Å². The smallest absolute Gasteiger partial charge is 0.336 e. The molecule has 1 aliphatic carbocycles. The minimum atomic E-state index is -5.73. The molecule has 9 heteroatoms. The van der Waals surface area contributed by atoms with Gasteiger partial charge >= 0.3 is 11.2 Å². The van der Waals surface area contributed by atoms with Crippen LogP contribution < -0.4 is 0 Å². The highest BCUT2D eigenvalue weighted by Gasteiger charge is 2.39. The molecular formula is C16H25F2O6S-. The summed E-state index contributed by atoms with van der Waals surface area (Å²) in [6.07, 6.45) is 3.26. The minimum Gasteiger partial charge on any atom is -0.743 e. The van der Waals surface area contributed by atoms with Crippen LogP contribution in [-0.4, -0.2) is 43.0 Å². The van der Waals surface area contributed by atoms with Crippen molar-refractivity contribution in [3.05, 3.63) is 12.2 Å². The van der Waals surface area contributed by atoms with Crippen molar-refractivity contribution in [1.82, 2.24) is 0 Å². The van der Waals surface area contributed by atoms with Crippen LogP contribution >= 0.6 is 0 Å². The van der Waals surface area contributed by atoms with Gasteiger partial charge in [0.2, 0.25) is 0 Å². The Hall–Kier alpha value is -1.06. The van der Waals surface area contributed by atoms with E-state index in [4.69, 9.17) is 9.47 Å². The van der Waals surface area contributed by atoms with E-state index in [0.717, 1.165) is 32.1 Å². The highest BCUT2D eigenvalue weighted by atomic mass is 32.2. The maximum atomic E-state index is 13.0. The monoisotopic (exact) mass is 383 g/mol. The van der Waals surface area contributed by atoms with E-state index in [1.165, 1.54) is 0 Å². The van der Waals surface area contributed by atoms with E-state index < -0.39 is 40.0 Å². The molecule has 1 fully saturated rings. The van der Waals surface area contributed by atoms with Gasteiger partial charge in [-0.05, 0) is 31.6 Å². The lowest BCUT2D eigenvalue weighted by Crippen LogP contribution is -2.42. The van der Waals surface area contributed by atoms with Crippen molar-refractivity contribution in [2.24, 2.45) is 5.92 Å². The number of carbonyl (C=O) groups excluding carboxylic acids is 1. The third-order valence-corrected chi connectivity index (χ3v) is 5.45. The molecule has 0 radical (unpaired) electrons. The number of hydrogen-bond acceptors (Lipinski definition) is 6. The molecule has 0 spiro atoms. The fraction of sp³-hybridized carbons (Fsp3) is 0.812. The van der Waals surface area contributed by atoms with Gasteiger partial charge in [0.05, 0.1) is 18.8 Å². The molecule has 1 rings (SSSR count). The van der Waals surface area contributed by atoms with Crippen molar-refractivity contribution in [3.8, 4) is 0 Å². The molecule has 1 aliphatic rings. The standard InChI is InChI=1S/C16H26F2O6S/c1-12(2)15(7-5-4-6-8-15)24-14(19)13(3)11-23-10-9-16(17,18)25(20,21)22/h12H,3-11H2,1-2H3,(H,20,21,22)/p-1. The Morgan fingerprint density at radius 1 is 1.28 bits per heavy atom. The molecule has 0 unspecified atom stereocenters. The zero-order chi connectivity index (χ0) is 19.3. The van der Waals surface area contributed by atoms with Gasteiger partial charge in [-0.15, -0.1) is 0 Å². The van der Waals surface area contributed by atoms with Crippen molar-refractivity contribution in [3.63, 3.8) is 0 Å². The molecule has 0 N–H and O–H groups in total. The van der Waals surface area contributed by atoms with Gasteiger partial charge in [0, 0.05) is 6.42 Å². The molecule has 25 heavy (non-hydrogen) atoms. The summed E-state index contributed by atoms with van der Waals surface area (Å²) >= 11 is 0. The Bertz CT molecular complexity index is 579. The maximum Gasteiger partial charge on any atom is 0.336 e. The molecule has 0 aromatic heterocycles. The van der Waals surface area contributed by atoms with Gasteiger partial charge in [-0.2, -0.15) is 8.78 Å². The molecule has 0 saturated heterocycles. The highest BCUT2D eigenvalue weighted by molar-refractivity contribution is 7.86. The van der Waals surface area contributed by atoms with Crippen molar-refractivity contribution >= 4 is 16.1 Å². The maximum absolute atomic E-state index is 13.0. The van der Waals surface area contributed by atoms with E-state index in [1.807, 2.05) is 13.8 Å². The van der Waals surface area contributed by atoms with E-state index in [0.29, 0.717) is 0 Å². The normalized spacial score (nSPS) is 18.2. The average Bonchev–Trinajstić information content (AvgIpc) is 2.50. The number of carbonyl (C=O) groups is 1. The van der Waals surface area contributed by atoms with Crippen LogP contribution in [0.25, 0.3) is 0 Å². The molecular weight excluding hydrogens is 358 g/mol. The predicted molar refractivity (Wildman–Crippen MR) is 86.0 cm³/mol. The lowest BCUT2D eigenvalue weighted by molar-refractivity contribution is -0.165. The van der Waals surface area contributed by atoms with Crippen molar-refractivity contribution in [1.29, 1.82) is 0 Å². The van der Waals surface area contributed by atoms with E-state index >= 15 is 0 Å². The number of halogens is 2. The van der Waals surface area contributed by atoms with Gasteiger partial charge in [-0.25, -0.2) is 13.2 Å². The van der Waals surface area contributed by atoms with Gasteiger partial charge in [0.15, 0.2) is 10.1 Å². The lowest BCUT2D eigenvalue weighted by Gasteiger charge is -2.40. The third-order valence-electron chi connectivity index (χ3n) is 4.52. The lowest BCUT2D eigenvalue weighted by atomic mass is 9.77. The summed E-state index contributed by atoms with van der Waals surface area (Å²) in [5.74, 6) is -0.523. The highest BCUT2D eigenvalue weighted by Crippen LogP contribution is 2.38. The molecule has 6 nitrogen and oxygen atoms in total. The van der Waals surface area contributed by atoms with E-state index in [-0.39, 0.29) is 18.1 Å². The van der Waals surface area contributed by atoms with Gasteiger partial charge in [0.25, 0.3) is 0 Å². The first-order valence-electron chi connectivity index (χ1n) is 8.23. The van der Waals surface area contributed by atoms with E-state index in [1.54, 1.807) is 0 Å². The summed E-state index contributed by atoms with van der Waals surface area (Å²) in [5, 5.41) is -4.40. The quantitative estimate of drug-likeness (QED) is 0.263. The van der Waals surface area contributed by atoms with Crippen LogP contribution in [0, 0.1) is 5.92 Å². The van der Waals surface area contributed by atoms with Crippen LogP contribution in [-0.2, 0) is 24.4 Å². The number of rotatable bonds is 9. The fourth-order valence-corrected chi connectivity index (χ4v) is 3.11. The molecule has 0 heterocycles. The second kappa shape index (κ2) is 8.55. The Labute approximate surface area is 147 Å². The Balaban J connectivity index is 2.48. The molecule has 146 valence electrons. The van der Waals surface area contributed by atoms with Gasteiger partial charge in [-0.1, -0.05) is 26.8 Å². The Kier molecular flexibility index (Phi) is 7.52. The van der Waals surface area contributed by atoms with Crippen LogP contribution in [0.15, 0.2) is 12.2 Å². The third kappa shape index (κ3) is 6.00. The van der Waals surface area contributed by atoms with Crippen LogP contribution in [0.3, 0.4) is 0 Å². The fourth-order valence-electron chi connectivity index (χ4n) is 2.77. The summed E-state index contributed by atoms with van der Waals surface area (Å²) in [5.41, 5.74) is -0.596. The molecule has 0 bridgehead atoms. The summed E-state index contributed by atoms with van der Waals surface area (Å²) in [6.45, 7) is 6.41. The molecule has 0 aromatic carbocycles. The van der Waals surface area contributed by atoms with Crippen molar-refractivity contribution < 1.29 is 36.0 Å². The average molecular weight is 383 g/mol. The molecule has 1 saturated carbocycles. The molecule has 0 atom stereocenters. The largest absolute Gasteiger partial charge is 0.743 e. The zero-order valence-electron chi connectivity index (χ0n) is 14.6. The Morgan fingerprint density at radius 3 is 2.32 bits per heavy atom. The second-order valence-electron chi connectivity index (χ2n) is 6.67. The first-order chi connectivity index (χ1) is 11.4. The van der Waals surface area contributed by atoms with Gasteiger partial charge in [0.1, 0.15) is 5.60 Å². The summed E-state index contributed by atoms with van der Waals surface area (Å²) < 4.78 is 67.5. The molecule has 0 aliphatic heterocycles. The molecule has 0 aromatic rings. The van der Waals surface area contributed by atoms with Crippen LogP contribution in [0.2, 0.25) is 0 Å². The van der Waals surface area contributed by atoms with E-state index in [9.17, 15) is 26.5 Å². The Morgan fingerprint density at radius 2 is 1.84 bits per heavy atom. The number of ether oxygens (including phenoxy) is 2. The summed E-state index contributed by atoms with van der Waals surface area (Å²) in [6, 6.07) is 0. The van der Waals surface area contributed by atoms with Crippen molar-refractivity contribution in [2.45, 2.75) is 63.2 Å². The second-order valence-corrected chi connectivity index (χ2v) is 8.17. The first-order valence-corrected chi connectivity index (χ1v) is 9.64. The SMILES string of the molecule is C=C(COCCC(F)(F)S(=O)(=O)[O-])C(=O)OC1(C(C)C)CCCCC1. The van der Waals surface area contributed by atoms with Gasteiger partial charge < -0.3 is 14.0 Å². The van der Waals surface area contributed by atoms with Crippen LogP contribution in [0.1, 0.15) is 52.4 Å². The van der Waals surface area contributed by atoms with E-state index in [2.05, 4.69) is 6.58 Å². The number of hydrogen-bond donors (Lipinski definition) is 0.